The van der Waals surface area contributed by atoms with Crippen molar-refractivity contribution in [2.24, 2.45) is 0 Å². The van der Waals surface area contributed by atoms with E-state index in [2.05, 4.69) is 413 Å². The summed E-state index contributed by atoms with van der Waals surface area (Å²) in [6, 6.07) is 129. The van der Waals surface area contributed by atoms with E-state index in [1.54, 1.807) is 0 Å². The van der Waals surface area contributed by atoms with Gasteiger partial charge in [-0.25, -0.2) is 0 Å². The third-order valence-electron chi connectivity index (χ3n) is 21.3. The van der Waals surface area contributed by atoms with Crippen LogP contribution < -0.4 is 19.6 Å². The van der Waals surface area contributed by atoms with Crippen LogP contribution in [0, 0.1) is 0 Å². The van der Waals surface area contributed by atoms with E-state index in [-0.39, 0.29) is 10.8 Å². The van der Waals surface area contributed by atoms with Crippen LogP contribution in [0.3, 0.4) is 0 Å². The molecule has 0 aliphatic heterocycles. The molecule has 100 heavy (non-hydrogen) atoms. The van der Waals surface area contributed by atoms with Gasteiger partial charge in [0, 0.05) is 81.8 Å². The Morgan fingerprint density at radius 1 is 0.180 bits per heavy atom. The normalized spacial score (nSPS) is 12.9. The minimum atomic E-state index is -0.255. The second-order valence-electron chi connectivity index (χ2n) is 27.9. The minimum Gasteiger partial charge on any atom is -0.345 e. The maximum Gasteiger partial charge on any atom is 0.0468 e. The first kappa shape index (κ1) is 61.4. The molecule has 0 heterocycles. The van der Waals surface area contributed by atoms with Gasteiger partial charge in [0.05, 0.1) is 0 Å². The van der Waals surface area contributed by atoms with Gasteiger partial charge in [-0.15, -0.1) is 0 Å². The van der Waals surface area contributed by atoms with Gasteiger partial charge in [0.2, 0.25) is 0 Å². The first-order chi connectivity index (χ1) is 48.9. The third kappa shape index (κ3) is 11.1. The highest BCUT2D eigenvalue weighted by molar-refractivity contribution is 5.95. The zero-order valence-corrected chi connectivity index (χ0v) is 57.3. The summed E-state index contributed by atoms with van der Waals surface area (Å²) in [5.74, 6) is 0. The van der Waals surface area contributed by atoms with E-state index in [4.69, 9.17) is 0 Å². The first-order valence-corrected chi connectivity index (χ1v) is 34.8. The van der Waals surface area contributed by atoms with Crippen LogP contribution >= 0.6 is 0 Å². The van der Waals surface area contributed by atoms with Crippen LogP contribution in [-0.4, -0.2) is 14.1 Å². The van der Waals surface area contributed by atoms with Crippen molar-refractivity contribution in [3.8, 4) is 44.5 Å². The van der Waals surface area contributed by atoms with Crippen LogP contribution in [0.15, 0.2) is 352 Å². The van der Waals surface area contributed by atoms with E-state index in [0.717, 1.165) is 34.1 Å². The van der Waals surface area contributed by atoms with E-state index < -0.39 is 0 Å². The summed E-state index contributed by atoms with van der Waals surface area (Å²) < 4.78 is 0. The molecule has 0 amide bonds. The molecule has 4 heteroatoms. The molecule has 0 unspecified atom stereocenters. The summed E-state index contributed by atoms with van der Waals surface area (Å²) in [7, 11) is 4.33. The lowest BCUT2D eigenvalue weighted by Gasteiger charge is -2.29. The Morgan fingerprint density at radius 2 is 0.390 bits per heavy atom. The topological polar surface area (TPSA) is 13.0 Å². The molecule has 0 aromatic heterocycles. The molecule has 0 saturated heterocycles. The highest BCUT2D eigenvalue weighted by atomic mass is 15.2. The molecule has 16 aromatic carbocycles. The van der Waals surface area contributed by atoms with Crippen molar-refractivity contribution in [2.45, 2.75) is 38.5 Å². The molecular formula is C96H76N4. The molecule has 2 aliphatic rings. The average molecular weight is 1290 g/mol. The first-order valence-electron chi connectivity index (χ1n) is 34.8. The number of nitrogens with zero attached hydrogens (tertiary/aromatic N) is 4. The molecule has 0 saturated carbocycles. The van der Waals surface area contributed by atoms with E-state index in [1.165, 1.54) is 133 Å². The predicted molar refractivity (Wildman–Crippen MR) is 427 cm³/mol. The summed E-state index contributed by atoms with van der Waals surface area (Å²) in [5.41, 5.74) is 26.7. The zero-order valence-electron chi connectivity index (χ0n) is 57.3. The van der Waals surface area contributed by atoms with Gasteiger partial charge in [0.25, 0.3) is 0 Å². The summed E-state index contributed by atoms with van der Waals surface area (Å²) in [5, 5.41) is 9.97. The van der Waals surface area contributed by atoms with Gasteiger partial charge in [-0.2, -0.15) is 0 Å². The fraction of sp³-hybridized carbons (Fsp3) is 0.0833. The summed E-state index contributed by atoms with van der Waals surface area (Å²) in [6.45, 7) is 9.49. The van der Waals surface area contributed by atoms with Crippen molar-refractivity contribution in [1.29, 1.82) is 0 Å². The average Bonchev–Trinajstić information content (AvgIpc) is 1.58. The largest absolute Gasteiger partial charge is 0.345 e. The molecule has 0 spiro atoms. The second-order valence-corrected chi connectivity index (χ2v) is 27.9. The number of rotatable bonds is 12. The third-order valence-corrected chi connectivity index (χ3v) is 21.3. The van der Waals surface area contributed by atoms with Crippen molar-refractivity contribution in [2.75, 3.05) is 33.7 Å². The molecule has 0 N–H and O–H groups in total. The van der Waals surface area contributed by atoms with Crippen molar-refractivity contribution >= 4 is 100.0 Å². The molecule has 0 fully saturated rings. The maximum atomic E-state index is 2.43. The van der Waals surface area contributed by atoms with Gasteiger partial charge in [-0.1, -0.05) is 258 Å². The van der Waals surface area contributed by atoms with Crippen LogP contribution in [0.2, 0.25) is 0 Å². The number of benzene rings is 16. The Balaban J connectivity index is 0.000000165. The molecule has 18 rings (SSSR count). The van der Waals surface area contributed by atoms with Crippen LogP contribution in [-0.2, 0) is 10.8 Å². The summed E-state index contributed by atoms with van der Waals surface area (Å²) >= 11 is 0. The van der Waals surface area contributed by atoms with E-state index in [9.17, 15) is 0 Å². The highest BCUT2D eigenvalue weighted by Crippen LogP contribution is 2.54. The van der Waals surface area contributed by atoms with E-state index >= 15 is 0 Å². The van der Waals surface area contributed by atoms with Crippen LogP contribution in [0.5, 0.6) is 0 Å². The van der Waals surface area contributed by atoms with Gasteiger partial charge >= 0.3 is 0 Å². The molecule has 0 radical (unpaired) electrons. The van der Waals surface area contributed by atoms with Gasteiger partial charge in [-0.05, 0) is 231 Å². The SMILES string of the molecule is CC1(C)c2cc(N(c3ccc(-c4ccccc4)cc3)c3ccc4ccccc4c3)ccc2-c2ccc(N(c3ccc(-c4ccccc4)cc3)c3ccc4ccccc4c3)cc21.CN(c1ccc2c(c1)C(C)(C)c1cc(N(C)c3ccc4ccccc4c3)ccc1-2)c1ccc2ccccc2c1. The number of hydrogen-bond donors (Lipinski definition) is 0. The Hall–Kier alpha value is -12.2. The molecule has 480 valence electrons. The Bertz CT molecular complexity index is 5420. The lowest BCUT2D eigenvalue weighted by atomic mass is 9.82. The zero-order chi connectivity index (χ0) is 67.6. The fourth-order valence-electron chi connectivity index (χ4n) is 15.6. The van der Waals surface area contributed by atoms with Crippen molar-refractivity contribution in [1.82, 2.24) is 0 Å². The Labute approximate surface area is 587 Å². The van der Waals surface area contributed by atoms with Crippen molar-refractivity contribution in [3.63, 3.8) is 0 Å². The highest BCUT2D eigenvalue weighted by Gasteiger charge is 2.38. The quantitative estimate of drug-likeness (QED) is 0.121. The smallest absolute Gasteiger partial charge is 0.0468 e. The molecule has 4 nitrogen and oxygen atoms in total. The molecular weight excluding hydrogens is 1210 g/mol. The Morgan fingerprint density at radius 3 is 0.710 bits per heavy atom. The van der Waals surface area contributed by atoms with Gasteiger partial charge in [0.1, 0.15) is 0 Å². The number of hydrogen-bond acceptors (Lipinski definition) is 4. The van der Waals surface area contributed by atoms with Crippen molar-refractivity contribution < 1.29 is 0 Å². The van der Waals surface area contributed by atoms with E-state index in [0.29, 0.717) is 0 Å². The second kappa shape index (κ2) is 25.0. The lowest BCUT2D eigenvalue weighted by molar-refractivity contribution is 0.660. The minimum absolute atomic E-state index is 0.0921. The summed E-state index contributed by atoms with van der Waals surface area (Å²) in [6.07, 6.45) is 0. The van der Waals surface area contributed by atoms with Crippen LogP contribution in [0.1, 0.15) is 49.9 Å². The molecule has 0 atom stereocenters. The fourth-order valence-corrected chi connectivity index (χ4v) is 15.6. The predicted octanol–water partition coefficient (Wildman–Crippen LogP) is 26.4. The standard InChI is InChI=1S/C59H44N2.C37H32N2/c1-59(2)57-39-53(60(51-31-25-43-17-9-11-19-47(43)37-51)49-27-21-45(22-28-49)41-13-5-3-6-14-41)33-35-55(57)56-36-34-54(40-58(56)59)61(52-32-26-44-18-10-12-20-48(44)38-52)50-29-23-46(24-30-50)42-15-7-4-8-16-42;1-37(2)35-23-31(38(3)29-15-13-25-9-5-7-11-27(25)21-29)17-19-33(35)34-20-18-32(24-36(34)37)39(4)30-16-14-26-10-6-8-12-28(26)22-30/h3-40H,1-2H3;5-24H,1-4H3. The van der Waals surface area contributed by atoms with Crippen LogP contribution in [0.4, 0.5) is 56.9 Å². The molecule has 0 bridgehead atoms. The Kier molecular flexibility index (Phi) is 15.3. The monoisotopic (exact) mass is 1280 g/mol. The lowest BCUT2D eigenvalue weighted by Crippen LogP contribution is -2.17. The van der Waals surface area contributed by atoms with Crippen LogP contribution in [0.25, 0.3) is 87.6 Å². The maximum absolute atomic E-state index is 2.43. The van der Waals surface area contributed by atoms with Crippen molar-refractivity contribution in [3.05, 3.63) is 374 Å². The number of fused-ring (bicyclic) bond motifs is 10. The summed E-state index contributed by atoms with van der Waals surface area (Å²) in [4.78, 5) is 9.41. The molecule has 2 aliphatic carbocycles. The van der Waals surface area contributed by atoms with Gasteiger partial charge in [-0.3, -0.25) is 0 Å². The van der Waals surface area contributed by atoms with Gasteiger partial charge < -0.3 is 19.6 Å². The van der Waals surface area contributed by atoms with Gasteiger partial charge in [0.15, 0.2) is 0 Å². The number of anilines is 10. The van der Waals surface area contributed by atoms with E-state index in [1.807, 2.05) is 0 Å². The molecule has 16 aromatic rings.